The average Bonchev–Trinajstić information content (AvgIpc) is 2.79. The zero-order valence-electron chi connectivity index (χ0n) is 9.95. The van der Waals surface area contributed by atoms with Crippen molar-refractivity contribution in [1.29, 1.82) is 0 Å². The van der Waals surface area contributed by atoms with Gasteiger partial charge in [-0.3, -0.25) is 0 Å². The van der Waals surface area contributed by atoms with Crippen molar-refractivity contribution in [3.8, 4) is 11.5 Å². The molecular weight excluding hydrogens is 218 g/mol. The topological polar surface area (TPSA) is 50.7 Å². The Morgan fingerprint density at radius 3 is 3.06 bits per heavy atom. The summed E-state index contributed by atoms with van der Waals surface area (Å²) >= 11 is 0. The summed E-state index contributed by atoms with van der Waals surface area (Å²) in [6, 6.07) is 1.91. The molecule has 3 rings (SSSR count). The van der Waals surface area contributed by atoms with Gasteiger partial charge < -0.3 is 19.9 Å². The van der Waals surface area contributed by atoms with Crippen molar-refractivity contribution in [1.82, 2.24) is 5.32 Å². The van der Waals surface area contributed by atoms with Crippen LogP contribution in [0.5, 0.6) is 11.5 Å². The van der Waals surface area contributed by atoms with Crippen LogP contribution in [0.25, 0.3) is 0 Å². The maximum absolute atomic E-state index is 10.3. The number of aromatic hydroxyl groups is 1. The van der Waals surface area contributed by atoms with Gasteiger partial charge in [0.05, 0.1) is 19.3 Å². The summed E-state index contributed by atoms with van der Waals surface area (Å²) in [5.74, 6) is 1.27. The first-order valence-electron chi connectivity index (χ1n) is 6.08. The molecule has 1 aromatic carbocycles. The number of fused-ring (bicyclic) bond motifs is 1. The van der Waals surface area contributed by atoms with E-state index in [1.54, 1.807) is 0 Å². The van der Waals surface area contributed by atoms with E-state index in [9.17, 15) is 5.11 Å². The molecule has 0 radical (unpaired) electrons. The number of benzene rings is 1. The highest BCUT2D eigenvalue weighted by Gasteiger charge is 2.28. The van der Waals surface area contributed by atoms with Gasteiger partial charge in [-0.05, 0) is 18.6 Å². The van der Waals surface area contributed by atoms with Crippen molar-refractivity contribution in [3.63, 3.8) is 0 Å². The summed E-state index contributed by atoms with van der Waals surface area (Å²) < 4.78 is 11.3. The lowest BCUT2D eigenvalue weighted by Crippen LogP contribution is -2.33. The van der Waals surface area contributed by atoms with Crippen molar-refractivity contribution in [2.75, 3.05) is 26.3 Å². The zero-order chi connectivity index (χ0) is 11.8. The number of hydrogen-bond acceptors (Lipinski definition) is 4. The molecule has 1 saturated heterocycles. The smallest absolute Gasteiger partial charge is 0.124 e. The maximum atomic E-state index is 10.3. The molecule has 0 aliphatic carbocycles. The standard InChI is InChI=1S/C13H17NO3/c1-8-6-10-9(2-4-16-10)12(13(8)15)11-7-14-3-5-17-11/h6,11,14-15H,2-5,7H2,1H3. The predicted octanol–water partition coefficient (Wildman–Crippen LogP) is 1.30. The second-order valence-electron chi connectivity index (χ2n) is 4.59. The molecule has 1 atom stereocenters. The molecule has 1 fully saturated rings. The largest absolute Gasteiger partial charge is 0.507 e. The van der Waals surface area contributed by atoms with Crippen LogP contribution in [0.2, 0.25) is 0 Å². The van der Waals surface area contributed by atoms with Gasteiger partial charge in [0, 0.05) is 30.6 Å². The number of ether oxygens (including phenoxy) is 2. The molecule has 0 amide bonds. The summed E-state index contributed by atoms with van der Waals surface area (Å²) in [5.41, 5.74) is 2.89. The van der Waals surface area contributed by atoms with Crippen molar-refractivity contribution < 1.29 is 14.6 Å². The van der Waals surface area contributed by atoms with Crippen LogP contribution >= 0.6 is 0 Å². The Kier molecular flexibility index (Phi) is 2.68. The molecule has 2 N–H and O–H groups in total. The van der Waals surface area contributed by atoms with Crippen LogP contribution in [0.1, 0.15) is 22.8 Å². The minimum Gasteiger partial charge on any atom is -0.507 e. The van der Waals surface area contributed by atoms with Gasteiger partial charge in [-0.1, -0.05) is 0 Å². The van der Waals surface area contributed by atoms with Gasteiger partial charge in [0.15, 0.2) is 0 Å². The highest BCUT2D eigenvalue weighted by Crippen LogP contribution is 2.41. The third-order valence-corrected chi connectivity index (χ3v) is 3.46. The lowest BCUT2D eigenvalue weighted by Gasteiger charge is -2.26. The SMILES string of the molecule is Cc1cc2c(c(C3CNCCO3)c1O)CCO2. The van der Waals surface area contributed by atoms with Gasteiger partial charge in [-0.2, -0.15) is 0 Å². The number of phenols is 1. The molecule has 0 aromatic heterocycles. The van der Waals surface area contributed by atoms with Crippen molar-refractivity contribution in [2.45, 2.75) is 19.4 Å². The third kappa shape index (κ3) is 1.77. The van der Waals surface area contributed by atoms with Gasteiger partial charge in [-0.25, -0.2) is 0 Å². The Hall–Kier alpha value is -1.26. The van der Waals surface area contributed by atoms with Crippen LogP contribution in [0.4, 0.5) is 0 Å². The van der Waals surface area contributed by atoms with Crippen LogP contribution in [0.3, 0.4) is 0 Å². The van der Waals surface area contributed by atoms with Crippen molar-refractivity contribution in [2.24, 2.45) is 0 Å². The van der Waals surface area contributed by atoms with Crippen LogP contribution in [-0.4, -0.2) is 31.4 Å². The first kappa shape index (κ1) is 10.9. The quantitative estimate of drug-likeness (QED) is 0.770. The minimum atomic E-state index is -0.0564. The molecule has 0 bridgehead atoms. The fourth-order valence-electron chi connectivity index (χ4n) is 2.59. The van der Waals surface area contributed by atoms with Gasteiger partial charge in [-0.15, -0.1) is 0 Å². The molecular formula is C13H17NO3. The molecule has 4 nitrogen and oxygen atoms in total. The maximum Gasteiger partial charge on any atom is 0.124 e. The molecule has 2 aliphatic heterocycles. The number of aryl methyl sites for hydroxylation is 1. The molecule has 1 aromatic rings. The van der Waals surface area contributed by atoms with E-state index >= 15 is 0 Å². The number of morpholine rings is 1. The van der Waals surface area contributed by atoms with Crippen molar-refractivity contribution >= 4 is 0 Å². The van der Waals surface area contributed by atoms with E-state index in [-0.39, 0.29) is 6.10 Å². The van der Waals surface area contributed by atoms with Crippen LogP contribution < -0.4 is 10.1 Å². The van der Waals surface area contributed by atoms with E-state index in [2.05, 4.69) is 5.32 Å². The lowest BCUT2D eigenvalue weighted by molar-refractivity contribution is 0.0258. The number of phenolic OH excluding ortho intramolecular Hbond substituents is 1. The third-order valence-electron chi connectivity index (χ3n) is 3.46. The highest BCUT2D eigenvalue weighted by atomic mass is 16.5. The molecule has 0 saturated carbocycles. The molecule has 2 heterocycles. The Bertz CT molecular complexity index is 439. The average molecular weight is 235 g/mol. The van der Waals surface area contributed by atoms with Crippen LogP contribution in [-0.2, 0) is 11.2 Å². The monoisotopic (exact) mass is 235 g/mol. The summed E-state index contributed by atoms with van der Waals surface area (Å²) in [7, 11) is 0. The molecule has 2 aliphatic rings. The lowest BCUT2D eigenvalue weighted by atomic mass is 9.95. The van der Waals surface area contributed by atoms with Gasteiger partial charge in [0.2, 0.25) is 0 Å². The van der Waals surface area contributed by atoms with E-state index in [1.165, 1.54) is 0 Å². The first-order valence-corrected chi connectivity index (χ1v) is 6.08. The normalized spacial score (nSPS) is 23.2. The predicted molar refractivity (Wildman–Crippen MR) is 63.6 cm³/mol. The minimum absolute atomic E-state index is 0.0564. The Balaban J connectivity index is 2.07. The summed E-state index contributed by atoms with van der Waals surface area (Å²) in [4.78, 5) is 0. The van der Waals surface area contributed by atoms with Crippen molar-refractivity contribution in [3.05, 3.63) is 22.8 Å². The molecule has 1 unspecified atom stereocenters. The Morgan fingerprint density at radius 1 is 1.41 bits per heavy atom. The van der Waals surface area contributed by atoms with E-state index in [0.717, 1.165) is 42.0 Å². The van der Waals surface area contributed by atoms with Gasteiger partial charge >= 0.3 is 0 Å². The second-order valence-corrected chi connectivity index (χ2v) is 4.59. The number of nitrogens with one attached hydrogen (secondary N) is 1. The van der Waals surface area contributed by atoms with E-state index < -0.39 is 0 Å². The fraction of sp³-hybridized carbons (Fsp3) is 0.538. The second kappa shape index (κ2) is 4.20. The van der Waals surface area contributed by atoms with E-state index in [1.807, 2.05) is 13.0 Å². The molecule has 4 heteroatoms. The van der Waals surface area contributed by atoms with Gasteiger partial charge in [0.25, 0.3) is 0 Å². The number of rotatable bonds is 1. The highest BCUT2D eigenvalue weighted by molar-refractivity contribution is 5.55. The molecule has 17 heavy (non-hydrogen) atoms. The first-order chi connectivity index (χ1) is 8.27. The number of hydrogen-bond donors (Lipinski definition) is 2. The fourth-order valence-corrected chi connectivity index (χ4v) is 2.59. The summed E-state index contributed by atoms with van der Waals surface area (Å²) in [6.45, 7) is 4.92. The van der Waals surface area contributed by atoms with Crippen LogP contribution in [0, 0.1) is 6.92 Å². The van der Waals surface area contributed by atoms with Crippen LogP contribution in [0.15, 0.2) is 6.07 Å². The molecule has 92 valence electrons. The summed E-state index contributed by atoms with van der Waals surface area (Å²) in [6.07, 6.45) is 0.803. The summed E-state index contributed by atoms with van der Waals surface area (Å²) in [5, 5.41) is 13.5. The van der Waals surface area contributed by atoms with E-state index in [4.69, 9.17) is 9.47 Å². The molecule has 0 spiro atoms. The van der Waals surface area contributed by atoms with Gasteiger partial charge in [0.1, 0.15) is 11.5 Å². The Labute approximate surface area is 101 Å². The van der Waals surface area contributed by atoms with E-state index in [0.29, 0.717) is 19.0 Å². The Morgan fingerprint density at radius 2 is 2.29 bits per heavy atom. The zero-order valence-corrected chi connectivity index (χ0v) is 9.95.